The Labute approximate surface area is 47.7 Å². The van der Waals surface area contributed by atoms with Gasteiger partial charge in [0.25, 0.3) is 0 Å². The molecule has 0 aliphatic carbocycles. The van der Waals surface area contributed by atoms with Crippen LogP contribution in [0.2, 0.25) is 0 Å². The van der Waals surface area contributed by atoms with Crippen LogP contribution < -0.4 is 0 Å². The fourth-order valence-corrected chi connectivity index (χ4v) is 0.176. The number of rotatable bonds is 2. The first-order valence-electron chi connectivity index (χ1n) is 2.05. The van der Waals surface area contributed by atoms with Gasteiger partial charge in [-0.2, -0.15) is 4.99 Å². The molecule has 0 saturated heterocycles. The van der Waals surface area contributed by atoms with Crippen LogP contribution in [0.3, 0.4) is 0 Å². The molecule has 0 aromatic rings. The number of hydrogen-bond donors (Lipinski definition) is 0. The van der Waals surface area contributed by atoms with Gasteiger partial charge >= 0.3 is 6.09 Å². The van der Waals surface area contributed by atoms with Crippen molar-refractivity contribution in [2.45, 2.75) is 0 Å². The summed E-state index contributed by atoms with van der Waals surface area (Å²) < 4.78 is 4.35. The highest BCUT2D eigenvalue weighted by atomic mass is 16.5. The third-order valence-electron chi connectivity index (χ3n) is 0.454. The second kappa shape index (κ2) is 4.05. The molecule has 0 aliphatic rings. The fraction of sp³-hybridized carbons (Fsp3) is 0.200. The molecule has 0 aromatic heterocycles. The van der Waals surface area contributed by atoms with Crippen LogP contribution in [0.15, 0.2) is 17.6 Å². The Morgan fingerprint density at radius 3 is 2.88 bits per heavy atom. The van der Waals surface area contributed by atoms with Crippen LogP contribution >= 0.6 is 0 Å². The van der Waals surface area contributed by atoms with Crippen molar-refractivity contribution >= 4 is 12.8 Å². The third-order valence-corrected chi connectivity index (χ3v) is 0.454. The summed E-state index contributed by atoms with van der Waals surface area (Å²) in [6.45, 7) is 6.47. The quantitative estimate of drug-likeness (QED) is 0.396. The summed E-state index contributed by atoms with van der Waals surface area (Å²) in [6.07, 6.45) is 0.799. The summed E-state index contributed by atoms with van der Waals surface area (Å²) in [4.78, 5) is 13.0. The molecule has 0 rings (SSSR count). The van der Waals surface area contributed by atoms with Crippen molar-refractivity contribution in [3.63, 3.8) is 0 Å². The lowest BCUT2D eigenvalue weighted by Crippen LogP contribution is -1.96. The van der Waals surface area contributed by atoms with E-state index in [-0.39, 0.29) is 6.61 Å². The molecule has 0 radical (unpaired) electrons. The van der Waals surface area contributed by atoms with E-state index in [0.29, 0.717) is 0 Å². The van der Waals surface area contributed by atoms with Gasteiger partial charge in [-0.15, -0.1) is 0 Å². The first-order valence-corrected chi connectivity index (χ1v) is 2.05. The van der Waals surface area contributed by atoms with Crippen LogP contribution in [0.5, 0.6) is 0 Å². The molecule has 0 spiro atoms. The summed E-state index contributed by atoms with van der Waals surface area (Å²) >= 11 is 0. The predicted molar refractivity (Wildman–Crippen MR) is 31.1 cm³/mol. The maximum absolute atomic E-state index is 10.1. The summed E-state index contributed by atoms with van der Waals surface area (Å²) in [7, 11) is 0. The number of aliphatic imine (C=N–C) groups is 1. The lowest BCUT2D eigenvalue weighted by Gasteiger charge is -1.91. The largest absolute Gasteiger partial charge is 0.444 e. The van der Waals surface area contributed by atoms with Crippen LogP contribution in [-0.4, -0.2) is 19.4 Å². The zero-order valence-electron chi connectivity index (χ0n) is 4.46. The monoisotopic (exact) mass is 113 g/mol. The average Bonchev–Trinajstić information content (AvgIpc) is 1.83. The van der Waals surface area contributed by atoms with Gasteiger partial charge in [-0.05, 0) is 6.72 Å². The van der Waals surface area contributed by atoms with Crippen molar-refractivity contribution in [3.05, 3.63) is 12.7 Å². The first kappa shape index (κ1) is 6.88. The molecule has 0 aliphatic heterocycles. The normalized spacial score (nSPS) is 7.50. The molecule has 44 valence electrons. The van der Waals surface area contributed by atoms with Gasteiger partial charge in [-0.1, -0.05) is 12.7 Å². The number of carbonyl (C=O) groups is 1. The maximum Gasteiger partial charge on any atom is 0.433 e. The summed E-state index contributed by atoms with van der Waals surface area (Å²) in [5.74, 6) is 0. The molecule has 0 fully saturated rings. The number of carbonyl (C=O) groups excluding carboxylic acids is 1. The van der Waals surface area contributed by atoms with Gasteiger partial charge in [0, 0.05) is 0 Å². The minimum atomic E-state index is -0.662. The fourth-order valence-electron chi connectivity index (χ4n) is 0.176. The van der Waals surface area contributed by atoms with Gasteiger partial charge in [0.2, 0.25) is 0 Å². The number of ether oxygens (including phenoxy) is 1. The van der Waals surface area contributed by atoms with Gasteiger partial charge in [-0.3, -0.25) is 0 Å². The van der Waals surface area contributed by atoms with Crippen molar-refractivity contribution in [1.82, 2.24) is 0 Å². The zero-order chi connectivity index (χ0) is 6.41. The first-order chi connectivity index (χ1) is 3.81. The molecule has 0 bridgehead atoms. The molecule has 3 nitrogen and oxygen atoms in total. The Bertz CT molecular complexity index is 109. The topological polar surface area (TPSA) is 38.7 Å². The van der Waals surface area contributed by atoms with Crippen LogP contribution in [0, 0.1) is 0 Å². The second-order valence-electron chi connectivity index (χ2n) is 1.02. The average molecular weight is 113 g/mol. The number of nitrogens with zero attached hydrogens (tertiary/aromatic N) is 1. The molecule has 3 heteroatoms. The highest BCUT2D eigenvalue weighted by Gasteiger charge is 1.89. The van der Waals surface area contributed by atoms with Gasteiger partial charge in [-0.25, -0.2) is 4.79 Å². The Kier molecular flexibility index (Phi) is 3.48. The summed E-state index contributed by atoms with van der Waals surface area (Å²) in [5.41, 5.74) is 0. The van der Waals surface area contributed by atoms with Crippen molar-refractivity contribution in [3.8, 4) is 0 Å². The van der Waals surface area contributed by atoms with E-state index in [4.69, 9.17) is 0 Å². The highest BCUT2D eigenvalue weighted by molar-refractivity contribution is 5.72. The Balaban J connectivity index is 3.24. The molecule has 0 N–H and O–H groups in total. The molecule has 1 amide bonds. The van der Waals surface area contributed by atoms with Gasteiger partial charge in [0.15, 0.2) is 0 Å². The minimum Gasteiger partial charge on any atom is -0.444 e. The van der Waals surface area contributed by atoms with Crippen molar-refractivity contribution in [1.29, 1.82) is 0 Å². The Morgan fingerprint density at radius 1 is 1.88 bits per heavy atom. The van der Waals surface area contributed by atoms with E-state index in [0.717, 1.165) is 0 Å². The molecular formula is C5H7NO2. The van der Waals surface area contributed by atoms with E-state index < -0.39 is 6.09 Å². The molecule has 0 aromatic carbocycles. The van der Waals surface area contributed by atoms with Gasteiger partial charge in [0.1, 0.15) is 6.61 Å². The molecule has 0 saturated carbocycles. The van der Waals surface area contributed by atoms with E-state index in [9.17, 15) is 4.79 Å². The third kappa shape index (κ3) is 3.08. The van der Waals surface area contributed by atoms with Crippen LogP contribution in [0.1, 0.15) is 0 Å². The molecular weight excluding hydrogens is 106 g/mol. The van der Waals surface area contributed by atoms with E-state index >= 15 is 0 Å². The smallest absolute Gasteiger partial charge is 0.433 e. The van der Waals surface area contributed by atoms with Crippen LogP contribution in [0.25, 0.3) is 0 Å². The van der Waals surface area contributed by atoms with Gasteiger partial charge < -0.3 is 4.74 Å². The Morgan fingerprint density at radius 2 is 2.50 bits per heavy atom. The zero-order valence-corrected chi connectivity index (χ0v) is 4.46. The van der Waals surface area contributed by atoms with Crippen LogP contribution in [-0.2, 0) is 4.74 Å². The molecule has 0 heterocycles. The number of hydrogen-bond acceptors (Lipinski definition) is 2. The SMILES string of the molecule is C=CCOC(=O)N=C. The van der Waals surface area contributed by atoms with E-state index in [1.54, 1.807) is 0 Å². The molecule has 8 heavy (non-hydrogen) atoms. The summed E-state index contributed by atoms with van der Waals surface area (Å²) in [6, 6.07) is 0. The minimum absolute atomic E-state index is 0.192. The highest BCUT2D eigenvalue weighted by Crippen LogP contribution is 1.79. The standard InChI is InChI=1S/C5H7NO2/c1-3-4-8-5(7)6-2/h3H,1-2,4H2. The van der Waals surface area contributed by atoms with E-state index in [2.05, 4.69) is 23.0 Å². The van der Waals surface area contributed by atoms with Crippen molar-refractivity contribution in [2.24, 2.45) is 4.99 Å². The Hall–Kier alpha value is -1.12. The molecule has 0 unspecified atom stereocenters. The lowest BCUT2D eigenvalue weighted by atomic mass is 10.7. The second-order valence-corrected chi connectivity index (χ2v) is 1.02. The van der Waals surface area contributed by atoms with Crippen molar-refractivity contribution in [2.75, 3.05) is 6.61 Å². The number of amides is 1. The van der Waals surface area contributed by atoms with Gasteiger partial charge in [0.05, 0.1) is 0 Å². The predicted octanol–water partition coefficient (Wildman–Crippen LogP) is 1.01. The maximum atomic E-state index is 10.1. The summed E-state index contributed by atoms with van der Waals surface area (Å²) in [5, 5.41) is 0. The molecule has 0 atom stereocenters. The van der Waals surface area contributed by atoms with Crippen molar-refractivity contribution < 1.29 is 9.53 Å². The lowest BCUT2D eigenvalue weighted by molar-refractivity contribution is 0.170. The van der Waals surface area contributed by atoms with E-state index in [1.807, 2.05) is 0 Å². The van der Waals surface area contributed by atoms with Crippen LogP contribution in [0.4, 0.5) is 4.79 Å². The van der Waals surface area contributed by atoms with E-state index in [1.165, 1.54) is 6.08 Å².